The van der Waals surface area contributed by atoms with Gasteiger partial charge in [0, 0.05) is 13.5 Å². The van der Waals surface area contributed by atoms with Crippen LogP contribution in [0.4, 0.5) is 11.6 Å². The highest BCUT2D eigenvalue weighted by Crippen LogP contribution is 2.26. The topological polar surface area (TPSA) is 110 Å². The van der Waals surface area contributed by atoms with Crippen molar-refractivity contribution in [3.8, 4) is 0 Å². The van der Waals surface area contributed by atoms with Gasteiger partial charge in [0.05, 0.1) is 0 Å². The number of hydrogen-bond acceptors (Lipinski definition) is 5. The summed E-state index contributed by atoms with van der Waals surface area (Å²) >= 11 is 0. The number of aliphatic carboxylic acids is 1. The number of carboxylic acid groups (broad SMARTS) is 1. The van der Waals surface area contributed by atoms with Crippen LogP contribution < -0.4 is 5.32 Å². The van der Waals surface area contributed by atoms with Crippen molar-refractivity contribution < 1.29 is 14.8 Å². The Morgan fingerprint density at radius 1 is 1.55 bits per heavy atom. The molecule has 2 N–H and O–H groups in total. The van der Waals surface area contributed by atoms with E-state index in [-0.39, 0.29) is 17.6 Å². The van der Waals surface area contributed by atoms with Gasteiger partial charge in [-0.2, -0.15) is 0 Å². The van der Waals surface area contributed by atoms with Crippen molar-refractivity contribution >= 4 is 17.6 Å². The van der Waals surface area contributed by atoms with Crippen LogP contribution in [0, 0.1) is 23.0 Å². The predicted molar refractivity (Wildman–Crippen MR) is 73.8 cm³/mol. The lowest BCUT2D eigenvalue weighted by molar-refractivity contribution is -0.388. The Labute approximate surface area is 117 Å². The van der Waals surface area contributed by atoms with Gasteiger partial charge in [-0.25, -0.2) is 4.79 Å². The van der Waals surface area contributed by atoms with Gasteiger partial charge in [-0.3, -0.25) is 4.57 Å². The summed E-state index contributed by atoms with van der Waals surface area (Å²) in [7, 11) is 0. The van der Waals surface area contributed by atoms with Crippen LogP contribution in [0.25, 0.3) is 0 Å². The summed E-state index contributed by atoms with van der Waals surface area (Å²) in [6, 6.07) is -0.880. The van der Waals surface area contributed by atoms with Crippen LogP contribution in [0.5, 0.6) is 0 Å². The number of nitrogens with one attached hydrogen (secondary N) is 1. The molecule has 1 atom stereocenters. The van der Waals surface area contributed by atoms with Crippen molar-refractivity contribution in [2.45, 2.75) is 46.7 Å². The number of aromatic nitrogens is 2. The minimum Gasteiger partial charge on any atom is -0.480 e. The fourth-order valence-electron chi connectivity index (χ4n) is 2.06. The number of rotatable bonds is 7. The molecule has 1 heterocycles. The van der Waals surface area contributed by atoms with E-state index in [1.165, 1.54) is 0 Å². The molecule has 1 aromatic heterocycles. The summed E-state index contributed by atoms with van der Waals surface area (Å²) in [6.07, 6.45) is 0.375. The molecule has 0 spiro atoms. The molecule has 0 saturated heterocycles. The van der Waals surface area contributed by atoms with E-state index in [0.29, 0.717) is 18.8 Å². The molecule has 0 unspecified atom stereocenters. The number of hydrogen-bond donors (Lipinski definition) is 2. The molecule has 1 rings (SSSR count). The fraction of sp³-hybridized carbons (Fsp3) is 0.667. The van der Waals surface area contributed by atoms with Crippen LogP contribution in [0.2, 0.25) is 0 Å². The minimum atomic E-state index is -1.03. The average molecular weight is 284 g/mol. The van der Waals surface area contributed by atoms with E-state index in [9.17, 15) is 20.0 Å². The number of nitrogens with zero attached hydrogens (tertiary/aromatic N) is 3. The Kier molecular flexibility index (Phi) is 5.06. The highest BCUT2D eigenvalue weighted by atomic mass is 16.6. The third-order valence-electron chi connectivity index (χ3n) is 2.95. The van der Waals surface area contributed by atoms with Crippen LogP contribution >= 0.6 is 0 Å². The van der Waals surface area contributed by atoms with Gasteiger partial charge in [0.25, 0.3) is 0 Å². The van der Waals surface area contributed by atoms with E-state index in [1.807, 2.05) is 20.8 Å². The molecule has 0 aliphatic carbocycles. The molecule has 0 saturated carbocycles. The zero-order chi connectivity index (χ0) is 15.4. The van der Waals surface area contributed by atoms with E-state index >= 15 is 0 Å². The van der Waals surface area contributed by atoms with Gasteiger partial charge in [0.2, 0.25) is 11.6 Å². The number of carbonyl (C=O) groups is 1. The van der Waals surface area contributed by atoms with Crippen molar-refractivity contribution in [2.24, 2.45) is 5.92 Å². The van der Waals surface area contributed by atoms with Gasteiger partial charge in [-0.1, -0.05) is 13.8 Å². The molecular formula is C12H20N4O4. The van der Waals surface area contributed by atoms with E-state index in [2.05, 4.69) is 10.3 Å². The SMILES string of the molecule is CCn1c(C)nc([N+](=O)[O-])c1N[C@H](CC(C)C)C(=O)O. The lowest BCUT2D eigenvalue weighted by Gasteiger charge is -2.17. The maximum atomic E-state index is 11.3. The second-order valence-electron chi connectivity index (χ2n) is 5.00. The third-order valence-corrected chi connectivity index (χ3v) is 2.95. The summed E-state index contributed by atoms with van der Waals surface area (Å²) in [5.74, 6) is -0.575. The average Bonchev–Trinajstić information content (AvgIpc) is 2.64. The minimum absolute atomic E-state index is 0.154. The molecule has 8 heteroatoms. The molecule has 112 valence electrons. The molecule has 0 aliphatic heterocycles. The Morgan fingerprint density at radius 3 is 2.55 bits per heavy atom. The summed E-state index contributed by atoms with van der Waals surface area (Å²) in [5.41, 5.74) is 0. The normalized spacial score (nSPS) is 12.4. The number of anilines is 1. The lowest BCUT2D eigenvalue weighted by atomic mass is 10.0. The molecule has 0 fully saturated rings. The summed E-state index contributed by atoms with van der Waals surface area (Å²) in [5, 5.41) is 23.0. The van der Waals surface area contributed by atoms with Crippen molar-refractivity contribution in [1.82, 2.24) is 9.55 Å². The monoisotopic (exact) mass is 284 g/mol. The van der Waals surface area contributed by atoms with E-state index < -0.39 is 16.9 Å². The first-order chi connectivity index (χ1) is 9.27. The van der Waals surface area contributed by atoms with E-state index in [4.69, 9.17) is 0 Å². The summed E-state index contributed by atoms with van der Waals surface area (Å²) in [6.45, 7) is 7.74. The number of carboxylic acids is 1. The predicted octanol–water partition coefficient (Wildman–Crippen LogP) is 2.03. The van der Waals surface area contributed by atoms with Crippen LogP contribution in [-0.4, -0.2) is 31.6 Å². The quantitative estimate of drug-likeness (QED) is 0.585. The van der Waals surface area contributed by atoms with Crippen LogP contribution in [0.3, 0.4) is 0 Å². The number of aryl methyl sites for hydroxylation is 1. The van der Waals surface area contributed by atoms with Crippen LogP contribution in [0.15, 0.2) is 0 Å². The van der Waals surface area contributed by atoms with Gasteiger partial charge < -0.3 is 20.5 Å². The first kappa shape index (κ1) is 15.9. The first-order valence-electron chi connectivity index (χ1n) is 6.48. The smallest absolute Gasteiger partial charge is 0.406 e. The zero-order valence-electron chi connectivity index (χ0n) is 12.1. The molecule has 0 aromatic carbocycles. The Hall–Kier alpha value is -2.12. The molecule has 1 aromatic rings. The largest absolute Gasteiger partial charge is 0.480 e. The van der Waals surface area contributed by atoms with Crippen LogP contribution in [-0.2, 0) is 11.3 Å². The molecular weight excluding hydrogens is 264 g/mol. The number of nitro groups is 1. The Balaban J connectivity index is 3.16. The van der Waals surface area contributed by atoms with Gasteiger partial charge in [0.15, 0.2) is 0 Å². The summed E-state index contributed by atoms with van der Waals surface area (Å²) < 4.78 is 1.61. The number of imidazole rings is 1. The summed E-state index contributed by atoms with van der Waals surface area (Å²) in [4.78, 5) is 25.6. The van der Waals surface area contributed by atoms with Gasteiger partial charge >= 0.3 is 11.8 Å². The van der Waals surface area contributed by atoms with Crippen molar-refractivity contribution in [3.63, 3.8) is 0 Å². The zero-order valence-corrected chi connectivity index (χ0v) is 12.1. The maximum Gasteiger partial charge on any atom is 0.406 e. The standard InChI is InChI=1S/C12H20N4O4/c1-5-15-8(4)13-11(16(19)20)10(15)14-9(12(17)18)6-7(2)3/h7,9,14H,5-6H2,1-4H3,(H,17,18)/t9-/m1/s1. The third kappa shape index (κ3) is 3.46. The lowest BCUT2D eigenvalue weighted by Crippen LogP contribution is -2.32. The maximum absolute atomic E-state index is 11.3. The van der Waals surface area contributed by atoms with Crippen molar-refractivity contribution in [1.29, 1.82) is 0 Å². The van der Waals surface area contributed by atoms with Crippen molar-refractivity contribution in [2.75, 3.05) is 5.32 Å². The second kappa shape index (κ2) is 6.36. The van der Waals surface area contributed by atoms with Gasteiger partial charge in [-0.05, 0) is 29.2 Å². The highest BCUT2D eigenvalue weighted by Gasteiger charge is 2.29. The van der Waals surface area contributed by atoms with E-state index in [0.717, 1.165) is 0 Å². The van der Waals surface area contributed by atoms with Gasteiger partial charge in [0.1, 0.15) is 6.04 Å². The fourth-order valence-corrected chi connectivity index (χ4v) is 2.06. The van der Waals surface area contributed by atoms with Crippen molar-refractivity contribution in [3.05, 3.63) is 15.9 Å². The van der Waals surface area contributed by atoms with Gasteiger partial charge in [-0.15, -0.1) is 0 Å². The molecule has 20 heavy (non-hydrogen) atoms. The Bertz CT molecular complexity index is 510. The molecule has 0 aliphatic rings. The molecule has 8 nitrogen and oxygen atoms in total. The van der Waals surface area contributed by atoms with E-state index in [1.54, 1.807) is 11.5 Å². The second-order valence-corrected chi connectivity index (χ2v) is 5.00. The molecule has 0 bridgehead atoms. The van der Waals surface area contributed by atoms with Crippen LogP contribution in [0.1, 0.15) is 33.0 Å². The highest BCUT2D eigenvalue weighted by molar-refractivity contribution is 5.78. The molecule has 0 amide bonds. The molecule has 0 radical (unpaired) electrons. The first-order valence-corrected chi connectivity index (χ1v) is 6.48. The Morgan fingerprint density at radius 2 is 2.15 bits per heavy atom.